The van der Waals surface area contributed by atoms with E-state index in [1.165, 1.54) is 0 Å². The fourth-order valence-electron chi connectivity index (χ4n) is 3.36. The minimum Gasteiger partial charge on any atom is -0.393 e. The Hall–Kier alpha value is -1.10. The van der Waals surface area contributed by atoms with Gasteiger partial charge in [-0.1, -0.05) is 11.6 Å². The summed E-state index contributed by atoms with van der Waals surface area (Å²) in [7, 11) is 0. The molecule has 4 nitrogen and oxygen atoms in total. The Balaban J connectivity index is 1.76. The highest BCUT2D eigenvalue weighted by molar-refractivity contribution is 6.30. The Bertz CT molecular complexity index is 505. The van der Waals surface area contributed by atoms with E-state index in [4.69, 9.17) is 16.3 Å². The van der Waals surface area contributed by atoms with E-state index in [-0.39, 0.29) is 24.0 Å². The van der Waals surface area contributed by atoms with Gasteiger partial charge in [0.2, 0.25) is 0 Å². The Labute approximate surface area is 129 Å². The van der Waals surface area contributed by atoms with E-state index in [1.54, 1.807) is 24.3 Å². The lowest BCUT2D eigenvalue weighted by Gasteiger charge is -2.37. The van der Waals surface area contributed by atoms with Crippen LogP contribution in [0.15, 0.2) is 24.3 Å². The molecule has 0 unspecified atom stereocenters. The second-order valence-electron chi connectivity index (χ2n) is 5.81. The molecule has 21 heavy (non-hydrogen) atoms. The monoisotopic (exact) mass is 309 g/mol. The van der Waals surface area contributed by atoms with Crippen LogP contribution in [-0.4, -0.2) is 47.8 Å². The van der Waals surface area contributed by atoms with Gasteiger partial charge in [0.1, 0.15) is 0 Å². The number of likely N-dealkylation sites (tertiary alicyclic amines) is 1. The fraction of sp³-hybridized carbons (Fsp3) is 0.562. The molecule has 0 radical (unpaired) electrons. The molecule has 1 N–H and O–H groups in total. The molecule has 2 saturated heterocycles. The molecule has 2 heterocycles. The third-order valence-electron chi connectivity index (χ3n) is 4.51. The molecule has 3 atom stereocenters. The highest BCUT2D eigenvalue weighted by Gasteiger charge is 2.39. The van der Waals surface area contributed by atoms with Gasteiger partial charge in [0.15, 0.2) is 0 Å². The Morgan fingerprint density at radius 2 is 2.05 bits per heavy atom. The SMILES string of the molecule is O=C(c1ccc(Cl)cc1)N1CCC[C@@H]1[C@@H]1COCC[C@H]1O. The fourth-order valence-corrected chi connectivity index (χ4v) is 3.49. The summed E-state index contributed by atoms with van der Waals surface area (Å²) in [6.45, 7) is 1.89. The van der Waals surface area contributed by atoms with E-state index in [2.05, 4.69) is 0 Å². The molecule has 1 amide bonds. The van der Waals surface area contributed by atoms with E-state index in [9.17, 15) is 9.90 Å². The molecule has 0 aliphatic carbocycles. The molecule has 0 aromatic heterocycles. The smallest absolute Gasteiger partial charge is 0.254 e. The van der Waals surface area contributed by atoms with Crippen molar-refractivity contribution in [3.8, 4) is 0 Å². The van der Waals surface area contributed by atoms with Gasteiger partial charge < -0.3 is 14.7 Å². The molecule has 0 saturated carbocycles. The van der Waals surface area contributed by atoms with Gasteiger partial charge in [-0.3, -0.25) is 4.79 Å². The van der Waals surface area contributed by atoms with Crippen LogP contribution in [-0.2, 0) is 4.74 Å². The largest absolute Gasteiger partial charge is 0.393 e. The zero-order valence-corrected chi connectivity index (χ0v) is 12.6. The van der Waals surface area contributed by atoms with Gasteiger partial charge in [-0.2, -0.15) is 0 Å². The number of hydrogen-bond donors (Lipinski definition) is 1. The molecular weight excluding hydrogens is 290 g/mol. The number of amides is 1. The summed E-state index contributed by atoms with van der Waals surface area (Å²) < 4.78 is 5.50. The first-order valence-corrected chi connectivity index (χ1v) is 7.87. The third kappa shape index (κ3) is 3.07. The van der Waals surface area contributed by atoms with Crippen molar-refractivity contribution in [3.63, 3.8) is 0 Å². The molecule has 2 aliphatic rings. The molecular formula is C16H20ClNO3. The normalized spacial score (nSPS) is 29.6. The van der Waals surface area contributed by atoms with E-state index in [0.29, 0.717) is 30.2 Å². The summed E-state index contributed by atoms with van der Waals surface area (Å²) in [5, 5.41) is 10.8. The van der Waals surface area contributed by atoms with Crippen LogP contribution in [0.4, 0.5) is 0 Å². The minimum atomic E-state index is -0.373. The quantitative estimate of drug-likeness (QED) is 0.912. The summed E-state index contributed by atoms with van der Waals surface area (Å²) in [5.74, 6) is 0.0458. The predicted molar refractivity (Wildman–Crippen MR) is 80.4 cm³/mol. The number of aliphatic hydroxyl groups is 1. The first-order valence-electron chi connectivity index (χ1n) is 7.49. The van der Waals surface area contributed by atoms with Crippen LogP contribution in [0.25, 0.3) is 0 Å². The summed E-state index contributed by atoms with van der Waals surface area (Å²) in [4.78, 5) is 14.6. The molecule has 3 rings (SSSR count). The maximum absolute atomic E-state index is 12.7. The van der Waals surface area contributed by atoms with E-state index >= 15 is 0 Å². The molecule has 0 bridgehead atoms. The van der Waals surface area contributed by atoms with Crippen LogP contribution in [0.3, 0.4) is 0 Å². The number of benzene rings is 1. The van der Waals surface area contributed by atoms with Crippen LogP contribution >= 0.6 is 11.6 Å². The lowest BCUT2D eigenvalue weighted by Crippen LogP contribution is -2.48. The predicted octanol–water partition coefficient (Wildman–Crippen LogP) is 2.34. The number of hydrogen-bond acceptors (Lipinski definition) is 3. The lowest BCUT2D eigenvalue weighted by atomic mass is 9.89. The summed E-state index contributed by atoms with van der Waals surface area (Å²) in [6.07, 6.45) is 2.20. The number of carbonyl (C=O) groups is 1. The van der Waals surface area contributed by atoms with Crippen LogP contribution in [0.5, 0.6) is 0 Å². The van der Waals surface area contributed by atoms with E-state index < -0.39 is 0 Å². The second-order valence-corrected chi connectivity index (χ2v) is 6.25. The molecule has 1 aromatic rings. The highest BCUT2D eigenvalue weighted by atomic mass is 35.5. The van der Waals surface area contributed by atoms with Crippen molar-refractivity contribution in [1.82, 2.24) is 4.90 Å². The molecule has 114 valence electrons. The number of carbonyl (C=O) groups excluding carboxylic acids is 1. The summed E-state index contributed by atoms with van der Waals surface area (Å²) in [6, 6.07) is 7.06. The molecule has 5 heteroatoms. The van der Waals surface area contributed by atoms with Gasteiger partial charge in [0, 0.05) is 35.7 Å². The van der Waals surface area contributed by atoms with Crippen molar-refractivity contribution in [3.05, 3.63) is 34.9 Å². The Kier molecular flexibility index (Phi) is 4.48. The maximum atomic E-state index is 12.7. The Morgan fingerprint density at radius 1 is 1.29 bits per heavy atom. The van der Waals surface area contributed by atoms with Gasteiger partial charge in [-0.15, -0.1) is 0 Å². The lowest BCUT2D eigenvalue weighted by molar-refractivity contribution is -0.0589. The van der Waals surface area contributed by atoms with E-state index in [0.717, 1.165) is 19.4 Å². The standard InChI is InChI=1S/C16H20ClNO3/c17-12-5-3-11(4-6-12)16(20)18-8-1-2-14(18)13-10-21-9-7-15(13)19/h3-6,13-15,19H,1-2,7-10H2/t13-,14+,15+/m0/s1. The van der Waals surface area contributed by atoms with Crippen LogP contribution in [0, 0.1) is 5.92 Å². The van der Waals surface area contributed by atoms with Crippen molar-refractivity contribution in [2.45, 2.75) is 31.4 Å². The number of nitrogens with zero attached hydrogens (tertiary/aromatic N) is 1. The van der Waals surface area contributed by atoms with Crippen molar-refractivity contribution in [1.29, 1.82) is 0 Å². The topological polar surface area (TPSA) is 49.8 Å². The van der Waals surface area contributed by atoms with Crippen molar-refractivity contribution < 1.29 is 14.6 Å². The second kappa shape index (κ2) is 6.34. The van der Waals surface area contributed by atoms with Gasteiger partial charge >= 0.3 is 0 Å². The highest BCUT2D eigenvalue weighted by Crippen LogP contribution is 2.31. The number of ether oxygens (including phenoxy) is 1. The van der Waals surface area contributed by atoms with Crippen molar-refractivity contribution in [2.24, 2.45) is 5.92 Å². The van der Waals surface area contributed by atoms with Gasteiger partial charge in [0.25, 0.3) is 5.91 Å². The van der Waals surface area contributed by atoms with Crippen molar-refractivity contribution >= 4 is 17.5 Å². The first kappa shape index (κ1) is 14.8. The van der Waals surface area contributed by atoms with Gasteiger partial charge in [-0.25, -0.2) is 0 Å². The third-order valence-corrected chi connectivity index (χ3v) is 4.76. The maximum Gasteiger partial charge on any atom is 0.254 e. The zero-order valence-electron chi connectivity index (χ0n) is 11.9. The zero-order chi connectivity index (χ0) is 14.8. The Morgan fingerprint density at radius 3 is 2.76 bits per heavy atom. The van der Waals surface area contributed by atoms with Crippen LogP contribution in [0.1, 0.15) is 29.6 Å². The minimum absolute atomic E-state index is 0.0203. The molecule has 2 fully saturated rings. The number of rotatable bonds is 2. The average Bonchev–Trinajstić information content (AvgIpc) is 2.97. The molecule has 1 aromatic carbocycles. The molecule has 0 spiro atoms. The van der Waals surface area contributed by atoms with Gasteiger partial charge in [-0.05, 0) is 43.5 Å². The molecule has 2 aliphatic heterocycles. The number of aliphatic hydroxyl groups excluding tert-OH is 1. The van der Waals surface area contributed by atoms with Crippen molar-refractivity contribution in [2.75, 3.05) is 19.8 Å². The number of halogens is 1. The van der Waals surface area contributed by atoms with E-state index in [1.807, 2.05) is 4.90 Å². The summed E-state index contributed by atoms with van der Waals surface area (Å²) in [5.41, 5.74) is 0.650. The average molecular weight is 310 g/mol. The van der Waals surface area contributed by atoms with Gasteiger partial charge in [0.05, 0.1) is 12.7 Å². The summed E-state index contributed by atoms with van der Waals surface area (Å²) >= 11 is 5.87. The van der Waals surface area contributed by atoms with Crippen LogP contribution < -0.4 is 0 Å². The first-order chi connectivity index (χ1) is 10.2. The van der Waals surface area contributed by atoms with Crippen LogP contribution in [0.2, 0.25) is 5.02 Å².